The molecule has 0 saturated heterocycles. The molecule has 1 N–H and O–H groups in total. The van der Waals surface area contributed by atoms with Crippen molar-refractivity contribution in [1.29, 1.82) is 0 Å². The van der Waals surface area contributed by atoms with Crippen molar-refractivity contribution in [1.82, 2.24) is 5.32 Å². The highest BCUT2D eigenvalue weighted by Gasteiger charge is 2.22. The lowest BCUT2D eigenvalue weighted by molar-refractivity contribution is -0.128. The zero-order valence-corrected chi connectivity index (χ0v) is 10.8. The van der Waals surface area contributed by atoms with Crippen LogP contribution in [0.1, 0.15) is 31.9 Å². The zero-order chi connectivity index (χ0) is 13.0. The third-order valence-corrected chi connectivity index (χ3v) is 2.84. The quantitative estimate of drug-likeness (QED) is 0.888. The van der Waals surface area contributed by atoms with E-state index in [1.807, 2.05) is 38.1 Å². The minimum absolute atomic E-state index is 0.0261. The normalized spacial score (nSPS) is 18.1. The standard InChI is InChI=1S/C14H19NO3/c1-10(2)18-9-14(16)15-12-7-8-17-13-6-4-3-5-11(12)13/h3-6,10,12H,7-9H2,1-2H3,(H,15,16). The van der Waals surface area contributed by atoms with Crippen molar-refractivity contribution in [3.8, 4) is 5.75 Å². The van der Waals surface area contributed by atoms with Gasteiger partial charge in [0.2, 0.25) is 5.91 Å². The predicted molar refractivity (Wildman–Crippen MR) is 68.5 cm³/mol. The van der Waals surface area contributed by atoms with Crippen molar-refractivity contribution in [2.45, 2.75) is 32.4 Å². The largest absolute Gasteiger partial charge is 0.493 e. The molecule has 1 heterocycles. The van der Waals surface area contributed by atoms with Crippen LogP contribution in [0.25, 0.3) is 0 Å². The number of hydrogen-bond acceptors (Lipinski definition) is 3. The van der Waals surface area contributed by atoms with E-state index in [0.29, 0.717) is 6.61 Å². The maximum atomic E-state index is 11.7. The molecule has 0 bridgehead atoms. The molecule has 0 radical (unpaired) electrons. The van der Waals surface area contributed by atoms with Crippen LogP contribution < -0.4 is 10.1 Å². The molecule has 0 saturated carbocycles. The van der Waals surface area contributed by atoms with Crippen molar-refractivity contribution in [2.24, 2.45) is 0 Å². The molecule has 0 aromatic heterocycles. The minimum Gasteiger partial charge on any atom is -0.493 e. The van der Waals surface area contributed by atoms with Crippen LogP contribution in [0, 0.1) is 0 Å². The summed E-state index contributed by atoms with van der Waals surface area (Å²) in [5.41, 5.74) is 1.04. The molecule has 1 aromatic carbocycles. The van der Waals surface area contributed by atoms with Crippen molar-refractivity contribution in [3.05, 3.63) is 29.8 Å². The molecular weight excluding hydrogens is 230 g/mol. The first-order valence-electron chi connectivity index (χ1n) is 6.29. The summed E-state index contributed by atoms with van der Waals surface area (Å²) in [6.45, 7) is 4.57. The Kier molecular flexibility index (Phi) is 4.20. The lowest BCUT2D eigenvalue weighted by Crippen LogP contribution is -2.35. The number of para-hydroxylation sites is 1. The molecule has 0 fully saturated rings. The molecule has 1 amide bonds. The van der Waals surface area contributed by atoms with Crippen LogP contribution in [-0.4, -0.2) is 25.2 Å². The van der Waals surface area contributed by atoms with Crippen molar-refractivity contribution in [2.75, 3.05) is 13.2 Å². The van der Waals surface area contributed by atoms with Gasteiger partial charge in [-0.25, -0.2) is 0 Å². The van der Waals surface area contributed by atoms with Gasteiger partial charge in [0.25, 0.3) is 0 Å². The summed E-state index contributed by atoms with van der Waals surface area (Å²) in [4.78, 5) is 11.7. The zero-order valence-electron chi connectivity index (χ0n) is 10.8. The van der Waals surface area contributed by atoms with Gasteiger partial charge in [-0.05, 0) is 19.9 Å². The van der Waals surface area contributed by atoms with Gasteiger partial charge in [-0.15, -0.1) is 0 Å². The van der Waals surface area contributed by atoms with Gasteiger partial charge in [0.05, 0.1) is 18.8 Å². The van der Waals surface area contributed by atoms with E-state index >= 15 is 0 Å². The minimum atomic E-state index is -0.0783. The topological polar surface area (TPSA) is 47.6 Å². The van der Waals surface area contributed by atoms with Gasteiger partial charge in [-0.2, -0.15) is 0 Å². The fourth-order valence-electron chi connectivity index (χ4n) is 1.97. The number of nitrogens with one attached hydrogen (secondary N) is 1. The number of amides is 1. The number of rotatable bonds is 4. The second-order valence-corrected chi connectivity index (χ2v) is 4.65. The molecule has 0 aliphatic carbocycles. The first-order chi connectivity index (χ1) is 8.66. The van der Waals surface area contributed by atoms with Crippen molar-refractivity contribution < 1.29 is 14.3 Å². The number of hydrogen-bond donors (Lipinski definition) is 1. The number of benzene rings is 1. The van der Waals surface area contributed by atoms with Crippen LogP contribution in [0.2, 0.25) is 0 Å². The SMILES string of the molecule is CC(C)OCC(=O)NC1CCOc2ccccc21. The van der Waals surface area contributed by atoms with Crippen LogP contribution in [0.5, 0.6) is 5.75 Å². The van der Waals surface area contributed by atoms with Crippen LogP contribution >= 0.6 is 0 Å². The lowest BCUT2D eigenvalue weighted by Gasteiger charge is -2.26. The molecule has 1 aromatic rings. The average molecular weight is 249 g/mol. The number of fused-ring (bicyclic) bond motifs is 1. The maximum absolute atomic E-state index is 11.7. The molecule has 98 valence electrons. The summed E-state index contributed by atoms with van der Waals surface area (Å²) in [5.74, 6) is 0.782. The average Bonchev–Trinajstić information content (AvgIpc) is 2.37. The molecular formula is C14H19NO3. The molecule has 1 atom stereocenters. The van der Waals surface area contributed by atoms with E-state index in [0.717, 1.165) is 17.7 Å². The Morgan fingerprint density at radius 2 is 2.28 bits per heavy atom. The molecule has 2 rings (SSSR count). The van der Waals surface area contributed by atoms with E-state index < -0.39 is 0 Å². The summed E-state index contributed by atoms with van der Waals surface area (Å²) in [6.07, 6.45) is 0.863. The second-order valence-electron chi connectivity index (χ2n) is 4.65. The van der Waals surface area contributed by atoms with Crippen LogP contribution in [0.3, 0.4) is 0 Å². The van der Waals surface area contributed by atoms with Gasteiger partial charge in [0.15, 0.2) is 0 Å². The van der Waals surface area contributed by atoms with E-state index in [1.54, 1.807) is 0 Å². The number of carbonyl (C=O) groups excluding carboxylic acids is 1. The van der Waals surface area contributed by atoms with Gasteiger partial charge >= 0.3 is 0 Å². The first kappa shape index (κ1) is 12.9. The third kappa shape index (κ3) is 3.23. The van der Waals surface area contributed by atoms with E-state index in [9.17, 15) is 4.79 Å². The second kappa shape index (κ2) is 5.87. The molecule has 1 unspecified atom stereocenters. The monoisotopic (exact) mass is 249 g/mol. The van der Waals surface area contributed by atoms with Gasteiger partial charge in [-0.1, -0.05) is 18.2 Å². The first-order valence-corrected chi connectivity index (χ1v) is 6.29. The fourth-order valence-corrected chi connectivity index (χ4v) is 1.97. The van der Waals surface area contributed by atoms with Gasteiger partial charge in [-0.3, -0.25) is 4.79 Å². The van der Waals surface area contributed by atoms with E-state index in [1.165, 1.54) is 0 Å². The van der Waals surface area contributed by atoms with Gasteiger partial charge in [0, 0.05) is 12.0 Å². The molecule has 1 aliphatic rings. The Morgan fingerprint density at radius 3 is 3.06 bits per heavy atom. The Balaban J connectivity index is 1.96. The summed E-state index contributed by atoms with van der Waals surface area (Å²) < 4.78 is 10.8. The Hall–Kier alpha value is -1.55. The molecule has 0 spiro atoms. The van der Waals surface area contributed by atoms with E-state index in [4.69, 9.17) is 9.47 Å². The predicted octanol–water partition coefficient (Wildman–Crippen LogP) is 2.05. The van der Waals surface area contributed by atoms with Gasteiger partial charge < -0.3 is 14.8 Å². The summed E-state index contributed by atoms with van der Waals surface area (Å²) >= 11 is 0. The Morgan fingerprint density at radius 1 is 1.50 bits per heavy atom. The Bertz CT molecular complexity index is 417. The number of carbonyl (C=O) groups is 1. The summed E-state index contributed by atoms with van der Waals surface area (Å²) in [7, 11) is 0. The van der Waals surface area contributed by atoms with Crippen molar-refractivity contribution in [3.63, 3.8) is 0 Å². The van der Waals surface area contributed by atoms with Crippen LogP contribution in [0.4, 0.5) is 0 Å². The molecule has 4 heteroatoms. The maximum Gasteiger partial charge on any atom is 0.246 e. The third-order valence-electron chi connectivity index (χ3n) is 2.84. The Labute approximate surface area is 107 Å². The summed E-state index contributed by atoms with van der Waals surface area (Å²) in [6, 6.07) is 7.83. The highest BCUT2D eigenvalue weighted by molar-refractivity contribution is 5.77. The fraction of sp³-hybridized carbons (Fsp3) is 0.500. The highest BCUT2D eigenvalue weighted by Crippen LogP contribution is 2.31. The van der Waals surface area contributed by atoms with E-state index in [2.05, 4.69) is 5.32 Å². The number of ether oxygens (including phenoxy) is 2. The van der Waals surface area contributed by atoms with Crippen LogP contribution in [0.15, 0.2) is 24.3 Å². The smallest absolute Gasteiger partial charge is 0.246 e. The van der Waals surface area contributed by atoms with Crippen molar-refractivity contribution >= 4 is 5.91 Å². The van der Waals surface area contributed by atoms with Gasteiger partial charge in [0.1, 0.15) is 12.4 Å². The van der Waals surface area contributed by atoms with Crippen LogP contribution in [-0.2, 0) is 9.53 Å². The molecule has 1 aliphatic heterocycles. The highest BCUT2D eigenvalue weighted by atomic mass is 16.5. The van der Waals surface area contributed by atoms with E-state index in [-0.39, 0.29) is 24.7 Å². The molecule has 18 heavy (non-hydrogen) atoms. The molecule has 4 nitrogen and oxygen atoms in total. The summed E-state index contributed by atoms with van der Waals surface area (Å²) in [5, 5.41) is 2.99. The lowest BCUT2D eigenvalue weighted by atomic mass is 10.0.